The molecule has 4 atom stereocenters. The molecule has 0 aliphatic heterocycles. The molecule has 12 heteroatoms. The highest BCUT2D eigenvalue weighted by atomic mass is 32.2. The third kappa shape index (κ3) is 8.76. The Morgan fingerprint density at radius 3 is 1.20 bits per heavy atom. The van der Waals surface area contributed by atoms with Crippen molar-refractivity contribution in [3.8, 4) is 0 Å². The second kappa shape index (κ2) is 7.61. The fourth-order valence-electron chi connectivity index (χ4n) is 1.04. The molecule has 10 nitrogen and oxygen atoms in total. The summed E-state index contributed by atoms with van der Waals surface area (Å²) in [4.78, 5) is 0. The van der Waals surface area contributed by atoms with Gasteiger partial charge in [0.1, 0.15) is 24.4 Å². The molecule has 20 heavy (non-hydrogen) atoms. The number of hydrogen-bond acceptors (Lipinski definition) is 10. The summed E-state index contributed by atoms with van der Waals surface area (Å²) in [6.07, 6.45) is -6.11. The first-order valence-electron chi connectivity index (χ1n) is 5.24. The standard InChI is InChI=1S/C8H18O10S2/c1-19(13,14)17-3-5(9)7(11)8(12)6(10)4-18-20(2,15)16/h5-12H,3-4H2,1-2H3/t5-,6-,7-,8+/m1/s1. The molecule has 0 amide bonds. The summed E-state index contributed by atoms with van der Waals surface area (Å²) in [6, 6.07) is 0. The van der Waals surface area contributed by atoms with Gasteiger partial charge in [0, 0.05) is 0 Å². The average Bonchev–Trinajstić information content (AvgIpc) is 2.29. The molecule has 0 aromatic heterocycles. The summed E-state index contributed by atoms with van der Waals surface area (Å²) in [5, 5.41) is 37.6. The first-order chi connectivity index (χ1) is 8.83. The van der Waals surface area contributed by atoms with E-state index in [4.69, 9.17) is 0 Å². The van der Waals surface area contributed by atoms with Crippen LogP contribution in [-0.2, 0) is 28.6 Å². The van der Waals surface area contributed by atoms with Crippen LogP contribution >= 0.6 is 0 Å². The van der Waals surface area contributed by atoms with Gasteiger partial charge in [-0.2, -0.15) is 16.8 Å². The number of aliphatic hydroxyl groups is 4. The topological polar surface area (TPSA) is 168 Å². The zero-order chi connectivity index (χ0) is 16.1. The Labute approximate surface area is 116 Å². The van der Waals surface area contributed by atoms with Gasteiger partial charge in [-0.1, -0.05) is 0 Å². The average molecular weight is 338 g/mol. The molecule has 0 heterocycles. The molecule has 0 aromatic carbocycles. The van der Waals surface area contributed by atoms with Crippen molar-refractivity contribution in [1.29, 1.82) is 0 Å². The van der Waals surface area contributed by atoms with Crippen molar-refractivity contribution in [2.24, 2.45) is 0 Å². The van der Waals surface area contributed by atoms with Crippen LogP contribution in [0.15, 0.2) is 0 Å². The predicted molar refractivity (Wildman–Crippen MR) is 65.6 cm³/mol. The van der Waals surface area contributed by atoms with Crippen molar-refractivity contribution >= 4 is 20.2 Å². The van der Waals surface area contributed by atoms with E-state index < -0.39 is 57.9 Å². The van der Waals surface area contributed by atoms with Gasteiger partial charge in [0.25, 0.3) is 20.2 Å². The Hall–Kier alpha value is -0.340. The highest BCUT2D eigenvalue weighted by Gasteiger charge is 2.31. The third-order valence-corrected chi connectivity index (χ3v) is 3.17. The van der Waals surface area contributed by atoms with Crippen LogP contribution in [0.1, 0.15) is 0 Å². The molecule has 0 aromatic rings. The molecular formula is C8H18O10S2. The highest BCUT2D eigenvalue weighted by molar-refractivity contribution is 7.86. The van der Waals surface area contributed by atoms with Gasteiger partial charge in [-0.25, -0.2) is 0 Å². The van der Waals surface area contributed by atoms with E-state index in [9.17, 15) is 37.3 Å². The van der Waals surface area contributed by atoms with E-state index in [2.05, 4.69) is 8.37 Å². The van der Waals surface area contributed by atoms with Crippen molar-refractivity contribution in [3.63, 3.8) is 0 Å². The van der Waals surface area contributed by atoms with Gasteiger partial charge < -0.3 is 20.4 Å². The van der Waals surface area contributed by atoms with Crippen molar-refractivity contribution in [2.45, 2.75) is 24.4 Å². The minimum Gasteiger partial charge on any atom is -0.388 e. The maximum absolute atomic E-state index is 10.7. The Morgan fingerprint density at radius 1 is 0.750 bits per heavy atom. The van der Waals surface area contributed by atoms with Crippen LogP contribution in [0.4, 0.5) is 0 Å². The first kappa shape index (κ1) is 19.7. The molecule has 122 valence electrons. The third-order valence-electron chi connectivity index (χ3n) is 2.04. The van der Waals surface area contributed by atoms with Gasteiger partial charge in [0.15, 0.2) is 0 Å². The van der Waals surface area contributed by atoms with E-state index in [0.717, 1.165) is 12.5 Å². The minimum atomic E-state index is -3.85. The van der Waals surface area contributed by atoms with Crippen LogP contribution in [0.25, 0.3) is 0 Å². The number of aliphatic hydroxyl groups excluding tert-OH is 4. The molecule has 0 saturated carbocycles. The van der Waals surface area contributed by atoms with Gasteiger partial charge in [-0.15, -0.1) is 0 Å². The van der Waals surface area contributed by atoms with Crippen LogP contribution in [0, 0.1) is 0 Å². The molecule has 0 bridgehead atoms. The quantitative estimate of drug-likeness (QED) is 0.308. The molecule has 0 fully saturated rings. The lowest BCUT2D eigenvalue weighted by atomic mass is 10.0. The Kier molecular flexibility index (Phi) is 7.48. The zero-order valence-electron chi connectivity index (χ0n) is 10.8. The van der Waals surface area contributed by atoms with E-state index in [0.29, 0.717) is 0 Å². The summed E-state index contributed by atoms with van der Waals surface area (Å²) in [5.74, 6) is 0. The Bertz CT molecular complexity index is 437. The van der Waals surface area contributed by atoms with Crippen LogP contribution in [0.3, 0.4) is 0 Å². The van der Waals surface area contributed by atoms with Gasteiger partial charge in [0.2, 0.25) is 0 Å². The number of hydrogen-bond donors (Lipinski definition) is 4. The van der Waals surface area contributed by atoms with Crippen molar-refractivity contribution in [2.75, 3.05) is 25.7 Å². The van der Waals surface area contributed by atoms with Crippen LogP contribution in [0.5, 0.6) is 0 Å². The SMILES string of the molecule is CS(=O)(=O)OC[C@@H](O)[C@H](O)[C@H](O)[C@H](O)COS(C)(=O)=O. The molecule has 0 saturated heterocycles. The minimum absolute atomic E-state index is 0.720. The van der Waals surface area contributed by atoms with Gasteiger partial charge in [0.05, 0.1) is 25.7 Å². The molecule has 0 spiro atoms. The second-order valence-corrected chi connectivity index (χ2v) is 7.38. The maximum Gasteiger partial charge on any atom is 0.264 e. The predicted octanol–water partition coefficient (Wildman–Crippen LogP) is -3.62. The summed E-state index contributed by atoms with van der Waals surface area (Å²) in [5.41, 5.74) is 0. The second-order valence-electron chi connectivity index (χ2n) is 4.09. The lowest BCUT2D eigenvalue weighted by molar-refractivity contribution is -0.118. The monoisotopic (exact) mass is 338 g/mol. The Balaban J connectivity index is 4.41. The van der Waals surface area contributed by atoms with E-state index in [-0.39, 0.29) is 0 Å². The molecule has 0 unspecified atom stereocenters. The molecule has 0 aliphatic rings. The van der Waals surface area contributed by atoms with Gasteiger partial charge in [-0.3, -0.25) is 8.37 Å². The van der Waals surface area contributed by atoms with Crippen molar-refractivity contribution < 1.29 is 45.6 Å². The van der Waals surface area contributed by atoms with Crippen molar-refractivity contribution in [1.82, 2.24) is 0 Å². The number of rotatable bonds is 9. The van der Waals surface area contributed by atoms with E-state index in [1.807, 2.05) is 0 Å². The van der Waals surface area contributed by atoms with Crippen LogP contribution in [0.2, 0.25) is 0 Å². The van der Waals surface area contributed by atoms with Gasteiger partial charge >= 0.3 is 0 Å². The van der Waals surface area contributed by atoms with E-state index in [1.165, 1.54) is 0 Å². The first-order valence-corrected chi connectivity index (χ1v) is 8.88. The molecular weight excluding hydrogens is 320 g/mol. The molecule has 0 radical (unpaired) electrons. The summed E-state index contributed by atoms with van der Waals surface area (Å²) in [7, 11) is -7.69. The summed E-state index contributed by atoms with van der Waals surface area (Å²) in [6.45, 7) is -1.67. The smallest absolute Gasteiger partial charge is 0.264 e. The van der Waals surface area contributed by atoms with E-state index in [1.54, 1.807) is 0 Å². The van der Waals surface area contributed by atoms with Crippen molar-refractivity contribution in [3.05, 3.63) is 0 Å². The van der Waals surface area contributed by atoms with Crippen LogP contribution in [-0.4, -0.2) is 87.4 Å². The summed E-state index contributed by atoms with van der Waals surface area (Å²) < 4.78 is 51.0. The normalized spacial score (nSPS) is 19.3. The molecule has 0 rings (SSSR count). The maximum atomic E-state index is 10.7. The molecule has 0 aliphatic carbocycles. The van der Waals surface area contributed by atoms with Crippen LogP contribution < -0.4 is 0 Å². The lowest BCUT2D eigenvalue weighted by Gasteiger charge is -2.25. The Morgan fingerprint density at radius 2 is 1.00 bits per heavy atom. The fraction of sp³-hybridized carbons (Fsp3) is 1.00. The zero-order valence-corrected chi connectivity index (χ0v) is 12.4. The van der Waals surface area contributed by atoms with Gasteiger partial charge in [-0.05, 0) is 0 Å². The fourth-order valence-corrected chi connectivity index (χ4v) is 1.81. The highest BCUT2D eigenvalue weighted by Crippen LogP contribution is 2.08. The lowest BCUT2D eigenvalue weighted by Crippen LogP contribution is -2.48. The summed E-state index contributed by atoms with van der Waals surface area (Å²) >= 11 is 0. The van der Waals surface area contributed by atoms with E-state index >= 15 is 0 Å². The largest absolute Gasteiger partial charge is 0.388 e. The molecule has 4 N–H and O–H groups in total.